The molecule has 2 bridgehead atoms. The summed E-state index contributed by atoms with van der Waals surface area (Å²) in [7, 11) is 0. The molecule has 3 heterocycles. The van der Waals surface area contributed by atoms with E-state index in [0.717, 1.165) is 67.2 Å². The van der Waals surface area contributed by atoms with Crippen LogP contribution in [0.15, 0.2) is 85.5 Å². The lowest BCUT2D eigenvalue weighted by Crippen LogP contribution is -2.32. The molecule has 4 aliphatic rings. The largest absolute Gasteiger partial charge is 0.404 e. The zero-order valence-corrected chi connectivity index (χ0v) is 28.4. The Morgan fingerprint density at radius 2 is 1.82 bits per heavy atom. The Morgan fingerprint density at radius 3 is 2.33 bits per heavy atom. The monoisotopic (exact) mass is 611 g/mol. The van der Waals surface area contributed by atoms with Gasteiger partial charge in [-0.05, 0) is 105 Å². The summed E-state index contributed by atoms with van der Waals surface area (Å²) in [5.74, 6) is 1.13. The minimum atomic E-state index is 0.0617. The van der Waals surface area contributed by atoms with Gasteiger partial charge in [-0.1, -0.05) is 65.0 Å². The number of hydrogen-bond donors (Lipinski definition) is 3. The van der Waals surface area contributed by atoms with Crippen LogP contribution in [0.3, 0.4) is 0 Å². The van der Waals surface area contributed by atoms with Crippen LogP contribution in [-0.4, -0.2) is 60.2 Å². The fourth-order valence-corrected chi connectivity index (χ4v) is 5.70. The summed E-state index contributed by atoms with van der Waals surface area (Å²) in [6, 6.07) is 6.83. The molecule has 6 heteroatoms. The first-order chi connectivity index (χ1) is 21.9. The second-order valence-electron chi connectivity index (χ2n) is 12.5. The molecule has 1 aromatic carbocycles. The first-order valence-electron chi connectivity index (χ1n) is 17.1. The number of nitrogens with one attached hydrogen (secondary N) is 2. The number of allylic oxidation sites excluding steroid dienone is 3. The molecule has 0 spiro atoms. The molecule has 4 N–H and O–H groups in total. The second-order valence-corrected chi connectivity index (χ2v) is 12.5. The molecular weight excluding hydrogens is 552 g/mol. The van der Waals surface area contributed by atoms with Gasteiger partial charge in [-0.25, -0.2) is 0 Å². The molecule has 244 valence electrons. The molecule has 1 unspecified atom stereocenters. The molecule has 0 radical (unpaired) electrons. The Kier molecular flexibility index (Phi) is 15.1. The molecule has 1 saturated carbocycles. The van der Waals surface area contributed by atoms with Crippen LogP contribution >= 0.6 is 0 Å². The van der Waals surface area contributed by atoms with Gasteiger partial charge in [0.2, 0.25) is 5.70 Å². The standard InChI is InChI=1S/C31H42N5.C5H10.C3H7N/c1-7-11-31(24(5)33-8-2)36-19-14-27(30-13-10-12-29(23(30)4)25(36)6)20-26(21-32)22-34-28-15-17-35(9-3)18-16-28;1-2-5-3-4-5;1-2-4-3-1/h8-10,12-14,19,21-22,28,31,33H,2-3,5-7,11,15-18,20,32H2,1,4H3;5H,2-4H2,1H3;4H,1-3H2/q+1;;/b26-21-,27-14?,34-22?,36-19?;;. The Morgan fingerprint density at radius 1 is 1.16 bits per heavy atom. The van der Waals surface area contributed by atoms with Crippen LogP contribution in [0.1, 0.15) is 88.3 Å². The summed E-state index contributed by atoms with van der Waals surface area (Å²) < 4.78 is 2.24. The Hall–Kier alpha value is -3.64. The van der Waals surface area contributed by atoms with Crippen molar-refractivity contribution in [1.29, 1.82) is 0 Å². The maximum atomic E-state index is 6.08. The van der Waals surface area contributed by atoms with E-state index >= 15 is 0 Å². The van der Waals surface area contributed by atoms with Crippen molar-refractivity contribution < 1.29 is 4.58 Å². The van der Waals surface area contributed by atoms with Crippen molar-refractivity contribution in [2.45, 2.75) is 90.6 Å². The number of aliphatic imine (C=N–C) groups is 1. The van der Waals surface area contributed by atoms with Crippen LogP contribution in [0.2, 0.25) is 0 Å². The minimum Gasteiger partial charge on any atom is -0.404 e. The summed E-state index contributed by atoms with van der Waals surface area (Å²) in [6.07, 6.45) is 22.2. The number of nitrogens with two attached hydrogens (primary N) is 1. The smallest absolute Gasteiger partial charge is 0.206 e. The first-order valence-corrected chi connectivity index (χ1v) is 17.1. The van der Waals surface area contributed by atoms with Crippen LogP contribution in [0.25, 0.3) is 11.3 Å². The van der Waals surface area contributed by atoms with E-state index in [-0.39, 0.29) is 6.04 Å². The van der Waals surface area contributed by atoms with Gasteiger partial charge < -0.3 is 21.3 Å². The number of hydrogen-bond acceptors (Lipinski definition) is 5. The van der Waals surface area contributed by atoms with Crippen molar-refractivity contribution >= 4 is 23.7 Å². The van der Waals surface area contributed by atoms with Gasteiger partial charge >= 0.3 is 0 Å². The number of piperidine rings is 1. The predicted molar refractivity (Wildman–Crippen MR) is 196 cm³/mol. The average Bonchev–Trinajstić information content (AvgIpc) is 3.86. The van der Waals surface area contributed by atoms with Gasteiger partial charge in [0.15, 0.2) is 12.3 Å². The summed E-state index contributed by atoms with van der Waals surface area (Å²) in [5.41, 5.74) is 13.7. The van der Waals surface area contributed by atoms with E-state index in [0.29, 0.717) is 12.5 Å². The summed E-state index contributed by atoms with van der Waals surface area (Å²) in [6.45, 7) is 27.6. The number of likely N-dealkylation sites (tertiary alicyclic amines) is 1. The highest BCUT2D eigenvalue weighted by Crippen LogP contribution is 2.33. The molecule has 3 fully saturated rings. The first kappa shape index (κ1) is 35.8. The van der Waals surface area contributed by atoms with Crippen molar-refractivity contribution in [3.8, 4) is 0 Å². The normalized spacial score (nSPS) is 18.9. The number of nitrogens with zero attached hydrogens (tertiary/aromatic N) is 3. The molecule has 1 aliphatic carbocycles. The Balaban J connectivity index is 0.000000522. The van der Waals surface area contributed by atoms with Gasteiger partial charge in [0.05, 0.1) is 11.7 Å². The van der Waals surface area contributed by atoms with E-state index in [1.807, 2.05) is 12.4 Å². The highest BCUT2D eigenvalue weighted by molar-refractivity contribution is 5.91. The highest BCUT2D eigenvalue weighted by atomic mass is 15.1. The molecule has 3 aliphatic heterocycles. The van der Waals surface area contributed by atoms with Gasteiger partial charge in [0, 0.05) is 43.8 Å². The van der Waals surface area contributed by atoms with Crippen molar-refractivity contribution in [2.24, 2.45) is 16.6 Å². The van der Waals surface area contributed by atoms with Gasteiger partial charge in [-0.15, -0.1) is 0 Å². The van der Waals surface area contributed by atoms with Crippen molar-refractivity contribution in [3.63, 3.8) is 0 Å². The molecule has 0 aromatic heterocycles. The van der Waals surface area contributed by atoms with Gasteiger partial charge in [0.1, 0.15) is 0 Å². The van der Waals surface area contributed by atoms with Gasteiger partial charge in [-0.3, -0.25) is 4.99 Å². The fourth-order valence-electron chi connectivity index (χ4n) is 5.70. The van der Waals surface area contributed by atoms with Crippen LogP contribution in [0, 0.1) is 12.8 Å². The molecule has 1 aromatic rings. The lowest BCUT2D eigenvalue weighted by molar-refractivity contribution is -0.462. The summed E-state index contributed by atoms with van der Waals surface area (Å²) in [4.78, 5) is 7.13. The molecular formula is C39H59N6+. The molecule has 1 atom stereocenters. The van der Waals surface area contributed by atoms with E-state index < -0.39 is 0 Å². The fraction of sp³-hybridized carbons (Fsp3) is 0.487. The average molecular weight is 612 g/mol. The van der Waals surface area contributed by atoms with E-state index in [4.69, 9.17) is 10.7 Å². The lowest BCUT2D eigenvalue weighted by atomic mass is 9.90. The topological polar surface area (TPSA) is 68.7 Å². The lowest BCUT2D eigenvalue weighted by Gasteiger charge is -2.28. The van der Waals surface area contributed by atoms with Crippen LogP contribution in [-0.2, 0) is 0 Å². The van der Waals surface area contributed by atoms with Crippen molar-refractivity contribution in [1.82, 2.24) is 15.5 Å². The van der Waals surface area contributed by atoms with E-state index in [2.05, 4.69) is 97.7 Å². The summed E-state index contributed by atoms with van der Waals surface area (Å²) >= 11 is 0. The summed E-state index contributed by atoms with van der Waals surface area (Å²) in [5, 5.41) is 6.32. The Labute approximate surface area is 274 Å². The second kappa shape index (κ2) is 19.0. The van der Waals surface area contributed by atoms with E-state index in [1.165, 1.54) is 55.5 Å². The zero-order chi connectivity index (χ0) is 32.6. The van der Waals surface area contributed by atoms with Crippen molar-refractivity contribution in [3.05, 3.63) is 97.2 Å². The van der Waals surface area contributed by atoms with Crippen molar-refractivity contribution in [2.75, 3.05) is 26.2 Å². The highest BCUT2D eigenvalue weighted by Gasteiger charge is 2.29. The van der Waals surface area contributed by atoms with Crippen LogP contribution in [0.5, 0.6) is 0 Å². The number of benzene rings is 1. The molecule has 45 heavy (non-hydrogen) atoms. The molecule has 6 nitrogen and oxygen atoms in total. The third-order valence-electron chi connectivity index (χ3n) is 9.12. The van der Waals surface area contributed by atoms with E-state index in [1.54, 1.807) is 12.4 Å². The molecule has 2 saturated heterocycles. The Bertz CT molecular complexity index is 1260. The maximum absolute atomic E-state index is 6.08. The van der Waals surface area contributed by atoms with Gasteiger partial charge in [-0.2, -0.15) is 4.58 Å². The third kappa shape index (κ3) is 11.0. The maximum Gasteiger partial charge on any atom is 0.206 e. The zero-order valence-electron chi connectivity index (χ0n) is 28.4. The minimum absolute atomic E-state index is 0.0617. The van der Waals surface area contributed by atoms with Gasteiger partial charge in [0.25, 0.3) is 0 Å². The quantitative estimate of drug-likeness (QED) is 0.169. The SMILES string of the molecule is C1CNC1.C=CNC(=C)C(CCC)[N+]1=CC=C(C/C(C=NC2CCN(C=C)CC2)=C/N)c2cccc(c2C)C1=C.CCC1CC1. The molecule has 5 rings (SSSR count). The molecule has 0 amide bonds. The van der Waals surface area contributed by atoms with Crippen LogP contribution in [0.4, 0.5) is 0 Å². The third-order valence-corrected chi connectivity index (χ3v) is 9.12. The van der Waals surface area contributed by atoms with Crippen LogP contribution < -0.4 is 16.4 Å². The van der Waals surface area contributed by atoms with E-state index in [9.17, 15) is 0 Å². The number of rotatable bonds is 12. The number of fused-ring (bicyclic) bond motifs is 2. The predicted octanol–water partition coefficient (Wildman–Crippen LogP) is 7.56.